The Morgan fingerprint density at radius 1 is 1.35 bits per heavy atom. The van der Waals surface area contributed by atoms with Gasteiger partial charge in [0, 0.05) is 12.6 Å². The van der Waals surface area contributed by atoms with Crippen LogP contribution in [0.2, 0.25) is 0 Å². The zero-order chi connectivity index (χ0) is 16.2. The van der Waals surface area contributed by atoms with Crippen LogP contribution in [0.4, 0.5) is 0 Å². The van der Waals surface area contributed by atoms with E-state index in [1.54, 1.807) is 11.0 Å². The molecule has 0 aliphatic carbocycles. The van der Waals surface area contributed by atoms with Crippen molar-refractivity contribution in [2.75, 3.05) is 13.7 Å². The van der Waals surface area contributed by atoms with Gasteiger partial charge in [-0.1, -0.05) is 12.1 Å². The van der Waals surface area contributed by atoms with Gasteiger partial charge in [0.25, 0.3) is 0 Å². The normalized spacial score (nSPS) is 18.5. The van der Waals surface area contributed by atoms with Crippen molar-refractivity contribution >= 4 is 39.5 Å². The number of fused-ring (bicyclic) bond motifs is 1. The largest absolute Gasteiger partial charge is 0.467 e. The summed E-state index contributed by atoms with van der Waals surface area (Å²) in [6.07, 6.45) is 5.72. The third-order valence-electron chi connectivity index (χ3n) is 3.94. The summed E-state index contributed by atoms with van der Waals surface area (Å²) >= 11 is 1.54. The maximum Gasteiger partial charge on any atom is 0.328 e. The van der Waals surface area contributed by atoms with Crippen molar-refractivity contribution in [3.63, 3.8) is 0 Å². The van der Waals surface area contributed by atoms with Crippen LogP contribution < -0.4 is 0 Å². The molecule has 0 saturated carbocycles. The van der Waals surface area contributed by atoms with E-state index in [1.807, 2.05) is 24.3 Å². The molecule has 2 heterocycles. The highest BCUT2D eigenvalue weighted by molar-refractivity contribution is 7.19. The van der Waals surface area contributed by atoms with Gasteiger partial charge in [0.2, 0.25) is 5.91 Å². The number of rotatable bonds is 3. The number of likely N-dealkylation sites (tertiary alicyclic amines) is 1. The summed E-state index contributed by atoms with van der Waals surface area (Å²) in [5, 5.41) is 0.783. The predicted octanol–water partition coefficient (Wildman–Crippen LogP) is 2.86. The number of carbonyl (C=O) groups is 2. The van der Waals surface area contributed by atoms with Gasteiger partial charge in [-0.2, -0.15) is 0 Å². The molecule has 1 unspecified atom stereocenters. The van der Waals surface area contributed by atoms with E-state index in [1.165, 1.54) is 24.5 Å². The minimum Gasteiger partial charge on any atom is -0.467 e. The van der Waals surface area contributed by atoms with Crippen LogP contribution in [-0.4, -0.2) is 41.5 Å². The number of methoxy groups -OCH3 is 1. The van der Waals surface area contributed by atoms with Crippen LogP contribution in [0.1, 0.15) is 24.3 Å². The Morgan fingerprint density at radius 3 is 2.96 bits per heavy atom. The van der Waals surface area contributed by atoms with E-state index in [-0.39, 0.29) is 11.9 Å². The number of amides is 1. The number of piperidine rings is 1. The number of hydrogen-bond donors (Lipinski definition) is 0. The third-order valence-corrected chi connectivity index (χ3v) is 4.94. The number of ether oxygens (including phenoxy) is 1. The summed E-state index contributed by atoms with van der Waals surface area (Å²) in [5.74, 6) is -0.509. The third kappa shape index (κ3) is 3.42. The second-order valence-corrected chi connectivity index (χ2v) is 6.48. The molecule has 120 valence electrons. The highest BCUT2D eigenvalue weighted by Crippen LogP contribution is 2.23. The lowest BCUT2D eigenvalue weighted by atomic mass is 10.0. The van der Waals surface area contributed by atoms with E-state index in [2.05, 4.69) is 4.98 Å². The lowest BCUT2D eigenvalue weighted by Gasteiger charge is -2.32. The average Bonchev–Trinajstić information content (AvgIpc) is 3.02. The number of carbonyl (C=O) groups excluding carboxylic acids is 2. The van der Waals surface area contributed by atoms with Gasteiger partial charge in [0.05, 0.1) is 17.3 Å². The van der Waals surface area contributed by atoms with Crippen LogP contribution in [0.25, 0.3) is 16.3 Å². The molecule has 0 spiro atoms. The van der Waals surface area contributed by atoms with E-state index in [0.29, 0.717) is 13.0 Å². The minimum atomic E-state index is -0.471. The molecule has 1 atom stereocenters. The van der Waals surface area contributed by atoms with Crippen LogP contribution in [0, 0.1) is 0 Å². The van der Waals surface area contributed by atoms with Crippen LogP contribution in [0.5, 0.6) is 0 Å². The zero-order valence-electron chi connectivity index (χ0n) is 12.9. The number of hydrogen-bond acceptors (Lipinski definition) is 5. The number of esters is 1. The molecule has 1 aliphatic heterocycles. The van der Waals surface area contributed by atoms with Gasteiger partial charge in [-0.05, 0) is 37.5 Å². The first kappa shape index (κ1) is 15.7. The molecule has 1 fully saturated rings. The molecule has 2 aromatic rings. The predicted molar refractivity (Wildman–Crippen MR) is 90.0 cm³/mol. The van der Waals surface area contributed by atoms with Crippen LogP contribution in [0.15, 0.2) is 30.3 Å². The molecular weight excluding hydrogens is 312 g/mol. The molecule has 0 N–H and O–H groups in total. The van der Waals surface area contributed by atoms with Gasteiger partial charge in [0.15, 0.2) is 0 Å². The maximum atomic E-state index is 12.4. The van der Waals surface area contributed by atoms with Gasteiger partial charge in [-0.25, -0.2) is 9.78 Å². The monoisotopic (exact) mass is 330 g/mol. The quantitative estimate of drug-likeness (QED) is 0.641. The number of thiazole rings is 1. The topological polar surface area (TPSA) is 59.5 Å². The average molecular weight is 330 g/mol. The lowest BCUT2D eigenvalue weighted by Crippen LogP contribution is -2.47. The molecular formula is C17H18N2O3S. The highest BCUT2D eigenvalue weighted by atomic mass is 32.1. The fraction of sp³-hybridized carbons (Fsp3) is 0.353. The molecule has 3 rings (SSSR count). The molecule has 1 aliphatic rings. The van der Waals surface area contributed by atoms with Crippen molar-refractivity contribution in [1.82, 2.24) is 9.88 Å². The second-order valence-electron chi connectivity index (χ2n) is 5.42. The number of benzene rings is 1. The van der Waals surface area contributed by atoms with Crippen LogP contribution in [-0.2, 0) is 14.3 Å². The van der Waals surface area contributed by atoms with E-state index in [0.717, 1.165) is 28.1 Å². The molecule has 0 bridgehead atoms. The Labute approximate surface area is 138 Å². The van der Waals surface area contributed by atoms with E-state index in [9.17, 15) is 9.59 Å². The molecule has 5 nitrogen and oxygen atoms in total. The van der Waals surface area contributed by atoms with E-state index >= 15 is 0 Å². The Bertz CT molecular complexity index is 720. The summed E-state index contributed by atoms with van der Waals surface area (Å²) in [4.78, 5) is 30.3. The Balaban J connectivity index is 1.75. The van der Waals surface area contributed by atoms with Gasteiger partial charge in [-0.3, -0.25) is 4.79 Å². The first-order chi connectivity index (χ1) is 11.2. The molecule has 1 aromatic carbocycles. The fourth-order valence-electron chi connectivity index (χ4n) is 2.78. The summed E-state index contributed by atoms with van der Waals surface area (Å²) in [6.45, 7) is 0.586. The molecule has 1 amide bonds. The Morgan fingerprint density at radius 2 is 2.17 bits per heavy atom. The summed E-state index contributed by atoms with van der Waals surface area (Å²) in [6, 6.07) is 7.39. The molecule has 0 radical (unpaired) electrons. The van der Waals surface area contributed by atoms with Gasteiger partial charge in [0.1, 0.15) is 11.0 Å². The van der Waals surface area contributed by atoms with Crippen molar-refractivity contribution < 1.29 is 14.3 Å². The Hall–Kier alpha value is -2.21. The molecule has 6 heteroatoms. The first-order valence-electron chi connectivity index (χ1n) is 7.61. The minimum absolute atomic E-state index is 0.167. The standard InChI is InChI=1S/C17H18N2O3S/c1-22-17(21)13-7-4-5-11-19(13)16(20)10-9-15-18-12-6-2-3-8-14(12)23-15/h2-3,6,8-10,13H,4-5,7,11H2,1H3/b10-9+. The zero-order valence-corrected chi connectivity index (χ0v) is 13.7. The smallest absolute Gasteiger partial charge is 0.328 e. The SMILES string of the molecule is COC(=O)C1CCCCN1C(=O)/C=C/c1nc2ccccc2s1. The summed E-state index contributed by atoms with van der Waals surface area (Å²) < 4.78 is 5.89. The van der Waals surface area contributed by atoms with Crippen molar-refractivity contribution in [3.8, 4) is 0 Å². The van der Waals surface area contributed by atoms with Crippen molar-refractivity contribution in [3.05, 3.63) is 35.3 Å². The van der Waals surface area contributed by atoms with Crippen molar-refractivity contribution in [2.45, 2.75) is 25.3 Å². The summed E-state index contributed by atoms with van der Waals surface area (Å²) in [7, 11) is 1.36. The number of para-hydroxylation sites is 1. The Kier molecular flexibility index (Phi) is 4.71. The number of nitrogens with zero attached hydrogens (tertiary/aromatic N) is 2. The van der Waals surface area contributed by atoms with E-state index in [4.69, 9.17) is 4.74 Å². The van der Waals surface area contributed by atoms with Crippen LogP contribution >= 0.6 is 11.3 Å². The van der Waals surface area contributed by atoms with Crippen molar-refractivity contribution in [1.29, 1.82) is 0 Å². The van der Waals surface area contributed by atoms with Crippen LogP contribution in [0.3, 0.4) is 0 Å². The first-order valence-corrected chi connectivity index (χ1v) is 8.43. The fourth-order valence-corrected chi connectivity index (χ4v) is 3.65. The molecule has 23 heavy (non-hydrogen) atoms. The second kappa shape index (κ2) is 6.91. The maximum absolute atomic E-state index is 12.4. The molecule has 1 aromatic heterocycles. The number of aromatic nitrogens is 1. The van der Waals surface area contributed by atoms with Gasteiger partial charge >= 0.3 is 5.97 Å². The van der Waals surface area contributed by atoms with Crippen molar-refractivity contribution in [2.24, 2.45) is 0 Å². The van der Waals surface area contributed by atoms with Gasteiger partial charge in [-0.15, -0.1) is 11.3 Å². The van der Waals surface area contributed by atoms with Gasteiger partial charge < -0.3 is 9.64 Å². The summed E-state index contributed by atoms with van der Waals surface area (Å²) in [5.41, 5.74) is 0.926. The molecule has 1 saturated heterocycles. The van der Waals surface area contributed by atoms with E-state index < -0.39 is 6.04 Å². The highest BCUT2D eigenvalue weighted by Gasteiger charge is 2.31. The lowest BCUT2D eigenvalue weighted by molar-refractivity contribution is -0.153.